The molecule has 6 nitrogen and oxygen atoms in total. The zero-order valence-electron chi connectivity index (χ0n) is 16.4. The zero-order chi connectivity index (χ0) is 19.0. The molecule has 146 valence electrons. The van der Waals surface area contributed by atoms with Gasteiger partial charge < -0.3 is 15.1 Å². The summed E-state index contributed by atoms with van der Waals surface area (Å²) < 4.78 is 0. The van der Waals surface area contributed by atoms with Crippen LogP contribution in [0.25, 0.3) is 0 Å². The van der Waals surface area contributed by atoms with Gasteiger partial charge in [0.2, 0.25) is 5.91 Å². The molecule has 4 rings (SSSR count). The summed E-state index contributed by atoms with van der Waals surface area (Å²) in [5.41, 5.74) is 1.97. The van der Waals surface area contributed by atoms with Crippen LogP contribution in [0.15, 0.2) is 24.3 Å². The number of nitrogens with zero attached hydrogens (tertiary/aromatic N) is 3. The number of carbonyl (C=O) groups is 2. The van der Waals surface area contributed by atoms with E-state index in [4.69, 9.17) is 0 Å². The molecule has 3 atom stereocenters. The molecule has 0 spiro atoms. The largest absolute Gasteiger partial charge is 0.331 e. The van der Waals surface area contributed by atoms with Crippen LogP contribution in [-0.2, 0) is 4.79 Å². The predicted molar refractivity (Wildman–Crippen MR) is 106 cm³/mol. The van der Waals surface area contributed by atoms with Gasteiger partial charge in [0.05, 0.1) is 6.04 Å². The minimum absolute atomic E-state index is 0.0178. The zero-order valence-corrected chi connectivity index (χ0v) is 16.4. The molecule has 3 amide bonds. The summed E-state index contributed by atoms with van der Waals surface area (Å²) in [6.07, 6.45) is 3.98. The molecule has 3 fully saturated rings. The highest BCUT2D eigenvalue weighted by Gasteiger charge is 2.36. The van der Waals surface area contributed by atoms with Crippen molar-refractivity contribution in [2.45, 2.75) is 57.7 Å². The first kappa shape index (κ1) is 18.3. The number of piperazine rings is 1. The van der Waals surface area contributed by atoms with Gasteiger partial charge in [0, 0.05) is 43.8 Å². The molecular weight excluding hydrogens is 340 g/mol. The fourth-order valence-corrected chi connectivity index (χ4v) is 4.70. The Morgan fingerprint density at radius 1 is 1.22 bits per heavy atom. The molecular formula is C21H30N4O2. The van der Waals surface area contributed by atoms with E-state index in [1.165, 1.54) is 19.4 Å². The van der Waals surface area contributed by atoms with E-state index in [0.29, 0.717) is 12.5 Å². The average molecular weight is 370 g/mol. The Morgan fingerprint density at radius 3 is 2.85 bits per heavy atom. The smallest absolute Gasteiger partial charge is 0.318 e. The lowest BCUT2D eigenvalue weighted by molar-refractivity contribution is -0.117. The number of amides is 3. The molecule has 0 bridgehead atoms. The third-order valence-electron chi connectivity index (χ3n) is 6.29. The van der Waals surface area contributed by atoms with Crippen molar-refractivity contribution in [3.05, 3.63) is 29.8 Å². The first-order chi connectivity index (χ1) is 13.0. The summed E-state index contributed by atoms with van der Waals surface area (Å²) in [5, 5.41) is 3.17. The Morgan fingerprint density at radius 2 is 2.07 bits per heavy atom. The second-order valence-corrected chi connectivity index (χ2v) is 8.21. The molecule has 1 aromatic carbocycles. The highest BCUT2D eigenvalue weighted by atomic mass is 16.2. The maximum Gasteiger partial charge on any atom is 0.318 e. The molecule has 3 heterocycles. The van der Waals surface area contributed by atoms with Crippen molar-refractivity contribution in [1.29, 1.82) is 0 Å². The molecule has 0 saturated carbocycles. The Hall–Kier alpha value is -2.08. The van der Waals surface area contributed by atoms with E-state index < -0.39 is 0 Å². The lowest BCUT2D eigenvalue weighted by Gasteiger charge is -2.42. The predicted octanol–water partition coefficient (Wildman–Crippen LogP) is 2.75. The van der Waals surface area contributed by atoms with Crippen molar-refractivity contribution in [2.75, 3.05) is 31.1 Å². The number of fused-ring (bicyclic) bond motifs is 1. The fraction of sp³-hybridized carbons (Fsp3) is 0.619. The second-order valence-electron chi connectivity index (χ2n) is 8.21. The van der Waals surface area contributed by atoms with Gasteiger partial charge in [0.1, 0.15) is 0 Å². The van der Waals surface area contributed by atoms with Gasteiger partial charge >= 0.3 is 6.03 Å². The Kier molecular flexibility index (Phi) is 5.08. The maximum absolute atomic E-state index is 12.9. The van der Waals surface area contributed by atoms with Gasteiger partial charge in [-0.25, -0.2) is 4.79 Å². The monoisotopic (exact) mass is 370 g/mol. The number of hydrogen-bond donors (Lipinski definition) is 1. The van der Waals surface area contributed by atoms with Gasteiger partial charge in [0.25, 0.3) is 0 Å². The lowest BCUT2D eigenvalue weighted by atomic mass is 10.1. The second kappa shape index (κ2) is 7.50. The summed E-state index contributed by atoms with van der Waals surface area (Å²) in [4.78, 5) is 31.3. The van der Waals surface area contributed by atoms with Crippen molar-refractivity contribution < 1.29 is 9.59 Å². The van der Waals surface area contributed by atoms with Crippen LogP contribution in [0.3, 0.4) is 0 Å². The highest BCUT2D eigenvalue weighted by Crippen LogP contribution is 2.27. The molecule has 3 unspecified atom stereocenters. The molecule has 6 heteroatoms. The van der Waals surface area contributed by atoms with Crippen molar-refractivity contribution in [3.8, 4) is 0 Å². The van der Waals surface area contributed by atoms with Gasteiger partial charge in [0.15, 0.2) is 0 Å². The average Bonchev–Trinajstić information content (AvgIpc) is 3.29. The van der Waals surface area contributed by atoms with E-state index in [9.17, 15) is 9.59 Å². The van der Waals surface area contributed by atoms with E-state index >= 15 is 0 Å². The van der Waals surface area contributed by atoms with E-state index in [-0.39, 0.29) is 24.0 Å². The first-order valence-corrected chi connectivity index (χ1v) is 10.2. The van der Waals surface area contributed by atoms with Crippen LogP contribution in [0.5, 0.6) is 0 Å². The summed E-state index contributed by atoms with van der Waals surface area (Å²) in [6.45, 7) is 7.90. The van der Waals surface area contributed by atoms with E-state index in [1.807, 2.05) is 41.0 Å². The van der Waals surface area contributed by atoms with Crippen molar-refractivity contribution in [2.24, 2.45) is 0 Å². The number of benzene rings is 1. The van der Waals surface area contributed by atoms with Crippen molar-refractivity contribution in [3.63, 3.8) is 0 Å². The topological polar surface area (TPSA) is 55.9 Å². The normalized spacial score (nSPS) is 27.0. The Labute approximate surface area is 161 Å². The van der Waals surface area contributed by atoms with E-state index in [2.05, 4.69) is 17.1 Å². The van der Waals surface area contributed by atoms with Gasteiger partial charge in [-0.15, -0.1) is 0 Å². The van der Waals surface area contributed by atoms with E-state index in [0.717, 1.165) is 37.3 Å². The minimum atomic E-state index is -0.0936. The van der Waals surface area contributed by atoms with Crippen LogP contribution in [0.4, 0.5) is 10.5 Å². The minimum Gasteiger partial charge on any atom is -0.331 e. The Balaban J connectivity index is 1.42. The molecule has 3 saturated heterocycles. The molecule has 3 aliphatic rings. The van der Waals surface area contributed by atoms with Crippen LogP contribution in [0.1, 0.15) is 51.1 Å². The number of hydrogen-bond acceptors (Lipinski definition) is 3. The third-order valence-corrected chi connectivity index (χ3v) is 6.29. The highest BCUT2D eigenvalue weighted by molar-refractivity contribution is 5.95. The number of rotatable bonds is 3. The summed E-state index contributed by atoms with van der Waals surface area (Å²) in [5.74, 6) is 0.187. The molecule has 3 aliphatic heterocycles. The first-order valence-electron chi connectivity index (χ1n) is 10.2. The standard InChI is InChI=1S/C21H30N4O2/c1-15-13-23-10-4-8-19(23)14-25(15)21(27)22-16(2)17-6-3-7-18(12-17)24-11-5-9-20(24)26/h3,6-7,12,15-16,19H,4-5,8-11,13-14H2,1-2H3,(H,22,27). The quantitative estimate of drug-likeness (QED) is 0.890. The molecule has 0 aliphatic carbocycles. The molecule has 27 heavy (non-hydrogen) atoms. The van der Waals surface area contributed by atoms with E-state index in [1.54, 1.807) is 0 Å². The SMILES string of the molecule is CC(NC(=O)N1CC2CCCN2CC1C)c1cccc(N2CCCC2=O)c1. The van der Waals surface area contributed by atoms with Gasteiger partial charge in [-0.05, 0) is 57.4 Å². The van der Waals surface area contributed by atoms with Crippen LogP contribution < -0.4 is 10.2 Å². The molecule has 0 radical (unpaired) electrons. The molecule has 0 aromatic heterocycles. The number of carbonyl (C=O) groups excluding carboxylic acids is 2. The number of urea groups is 1. The van der Waals surface area contributed by atoms with Crippen LogP contribution >= 0.6 is 0 Å². The van der Waals surface area contributed by atoms with Crippen LogP contribution in [0, 0.1) is 0 Å². The third kappa shape index (κ3) is 3.68. The number of anilines is 1. The van der Waals surface area contributed by atoms with Gasteiger partial charge in [-0.2, -0.15) is 0 Å². The lowest BCUT2D eigenvalue weighted by Crippen LogP contribution is -2.59. The fourth-order valence-electron chi connectivity index (χ4n) is 4.70. The van der Waals surface area contributed by atoms with Crippen molar-refractivity contribution >= 4 is 17.6 Å². The Bertz CT molecular complexity index is 722. The van der Waals surface area contributed by atoms with Crippen molar-refractivity contribution in [1.82, 2.24) is 15.1 Å². The summed E-state index contributed by atoms with van der Waals surface area (Å²) >= 11 is 0. The summed E-state index contributed by atoms with van der Waals surface area (Å²) in [7, 11) is 0. The molecule has 1 aromatic rings. The molecule has 1 N–H and O–H groups in total. The van der Waals surface area contributed by atoms with Gasteiger partial charge in [-0.1, -0.05) is 12.1 Å². The van der Waals surface area contributed by atoms with Crippen LogP contribution in [-0.4, -0.2) is 60.0 Å². The van der Waals surface area contributed by atoms with Gasteiger partial charge in [-0.3, -0.25) is 9.69 Å². The number of nitrogens with one attached hydrogen (secondary N) is 1. The summed E-state index contributed by atoms with van der Waals surface area (Å²) in [6, 6.07) is 8.68. The maximum atomic E-state index is 12.9. The van der Waals surface area contributed by atoms with Crippen LogP contribution in [0.2, 0.25) is 0 Å².